The second-order valence-corrected chi connectivity index (χ2v) is 8.38. The molecular formula is C12H30GeN4. The first kappa shape index (κ1) is 17.4. The molecule has 1 unspecified atom stereocenters. The Labute approximate surface area is 115 Å². The quantitative estimate of drug-likeness (QED) is 0.534. The van der Waals surface area contributed by atoms with E-state index in [9.17, 15) is 0 Å². The Hall–Kier alpha value is 0.383. The van der Waals surface area contributed by atoms with Crippen LogP contribution in [0.2, 0.25) is 0 Å². The first-order valence-electron chi connectivity index (χ1n) is 6.47. The molecular weight excluding hydrogens is 273 g/mol. The van der Waals surface area contributed by atoms with Crippen LogP contribution in [0.4, 0.5) is 0 Å². The molecule has 0 spiro atoms. The van der Waals surface area contributed by atoms with Crippen molar-refractivity contribution in [1.82, 2.24) is 17.9 Å². The van der Waals surface area contributed by atoms with Gasteiger partial charge in [-0.25, -0.2) is 0 Å². The van der Waals surface area contributed by atoms with Gasteiger partial charge in [0, 0.05) is 0 Å². The van der Waals surface area contributed by atoms with Gasteiger partial charge in [-0.1, -0.05) is 0 Å². The first-order valence-corrected chi connectivity index (χ1v) is 8.35. The molecule has 0 aliphatic carbocycles. The zero-order chi connectivity index (χ0) is 13.6. The second-order valence-electron chi connectivity index (χ2n) is 5.27. The minimum atomic E-state index is -0.233. The van der Waals surface area contributed by atoms with Crippen LogP contribution < -0.4 is 5.32 Å². The number of nitrogens with zero attached hydrogens (tertiary/aromatic N) is 3. The molecule has 0 fully saturated rings. The van der Waals surface area contributed by atoms with Crippen LogP contribution in [0, 0.1) is 0 Å². The maximum atomic E-state index is 3.65. The molecule has 0 heterocycles. The summed E-state index contributed by atoms with van der Waals surface area (Å²) in [4.78, 5) is 2.27. The molecule has 2 radical (unpaired) electrons. The molecule has 4 nitrogen and oxygen atoms in total. The third-order valence-electron chi connectivity index (χ3n) is 2.55. The van der Waals surface area contributed by atoms with Gasteiger partial charge in [-0.05, 0) is 0 Å². The molecule has 0 aromatic rings. The fraction of sp³-hybridized carbons (Fsp3) is 1.00. The maximum absolute atomic E-state index is 3.65. The van der Waals surface area contributed by atoms with Gasteiger partial charge in [0.2, 0.25) is 0 Å². The predicted octanol–water partition coefficient (Wildman–Crippen LogP) is 1.03. The molecule has 0 saturated carbocycles. The average molecular weight is 303 g/mol. The van der Waals surface area contributed by atoms with Gasteiger partial charge in [-0.15, -0.1) is 0 Å². The van der Waals surface area contributed by atoms with Gasteiger partial charge in [0.05, 0.1) is 0 Å². The topological polar surface area (TPSA) is 21.8 Å². The van der Waals surface area contributed by atoms with Crippen LogP contribution >= 0.6 is 0 Å². The van der Waals surface area contributed by atoms with Crippen molar-refractivity contribution in [3.05, 3.63) is 0 Å². The van der Waals surface area contributed by atoms with E-state index < -0.39 is 0 Å². The third kappa shape index (κ3) is 6.76. The summed E-state index contributed by atoms with van der Waals surface area (Å²) in [5, 5.41) is 3.65. The van der Waals surface area contributed by atoms with Crippen molar-refractivity contribution in [2.24, 2.45) is 0 Å². The van der Waals surface area contributed by atoms with E-state index in [1.165, 1.54) is 0 Å². The van der Waals surface area contributed by atoms with Crippen molar-refractivity contribution in [3.8, 4) is 0 Å². The fourth-order valence-electron chi connectivity index (χ4n) is 1.50. The normalized spacial score (nSPS) is 14.6. The summed E-state index contributed by atoms with van der Waals surface area (Å²) in [5.74, 6) is 0. The summed E-state index contributed by atoms with van der Waals surface area (Å²) in [6.45, 7) is 12.3. The van der Waals surface area contributed by atoms with Crippen LogP contribution in [0.15, 0.2) is 0 Å². The number of rotatable bonds is 8. The van der Waals surface area contributed by atoms with E-state index in [-0.39, 0.29) is 15.9 Å². The minimum absolute atomic E-state index is 0.233. The molecule has 17 heavy (non-hydrogen) atoms. The molecule has 0 aliphatic rings. The summed E-state index contributed by atoms with van der Waals surface area (Å²) >= 11 is -0.233. The van der Waals surface area contributed by atoms with E-state index in [1.54, 1.807) is 0 Å². The Balaban J connectivity index is 4.70. The Morgan fingerprint density at radius 1 is 1.06 bits per heavy atom. The SMILES string of the molecule is CC[N](C)[Ge][N](C(C)C)C(NC(C)C)N(C)C. The fourth-order valence-corrected chi connectivity index (χ4v) is 3.98. The van der Waals surface area contributed by atoms with Gasteiger partial charge in [-0.3, -0.25) is 0 Å². The van der Waals surface area contributed by atoms with Crippen molar-refractivity contribution in [2.75, 3.05) is 27.7 Å². The molecule has 0 rings (SSSR count). The molecule has 0 aromatic heterocycles. The Kier molecular flexibility index (Phi) is 8.67. The van der Waals surface area contributed by atoms with Gasteiger partial charge in [0.25, 0.3) is 0 Å². The van der Waals surface area contributed by atoms with E-state index >= 15 is 0 Å². The van der Waals surface area contributed by atoms with Crippen molar-refractivity contribution < 1.29 is 0 Å². The molecule has 0 bridgehead atoms. The second kappa shape index (κ2) is 8.48. The zero-order valence-electron chi connectivity index (χ0n) is 12.8. The van der Waals surface area contributed by atoms with E-state index in [0.29, 0.717) is 18.4 Å². The summed E-state index contributed by atoms with van der Waals surface area (Å²) < 4.78 is 5.06. The van der Waals surface area contributed by atoms with Crippen LogP contribution in [0.3, 0.4) is 0 Å². The summed E-state index contributed by atoms with van der Waals surface area (Å²) in [5.41, 5.74) is 0. The van der Waals surface area contributed by atoms with Crippen molar-refractivity contribution >= 4 is 15.9 Å². The summed E-state index contributed by atoms with van der Waals surface area (Å²) in [7, 11) is 6.51. The van der Waals surface area contributed by atoms with Gasteiger partial charge in [0.15, 0.2) is 0 Å². The van der Waals surface area contributed by atoms with Crippen molar-refractivity contribution in [1.29, 1.82) is 0 Å². The van der Waals surface area contributed by atoms with Gasteiger partial charge >= 0.3 is 114 Å². The number of hydrogen-bond acceptors (Lipinski definition) is 4. The molecule has 0 aromatic carbocycles. The standard InChI is InChI=1S/C12H30GeN4/c1-9-16(8)13-17(11(4)5)12(15(6)7)14-10(2)3/h10-12,14H,9H2,1-8H3. The molecule has 0 aliphatic heterocycles. The summed E-state index contributed by atoms with van der Waals surface area (Å²) in [6, 6.07) is 1.07. The third-order valence-corrected chi connectivity index (χ3v) is 6.01. The number of hydrogen-bond donors (Lipinski definition) is 1. The van der Waals surface area contributed by atoms with E-state index in [1.807, 2.05) is 0 Å². The molecule has 0 saturated heterocycles. The first-order chi connectivity index (χ1) is 7.79. The number of nitrogens with one attached hydrogen (secondary N) is 1. The van der Waals surface area contributed by atoms with Crippen LogP contribution in [-0.2, 0) is 0 Å². The van der Waals surface area contributed by atoms with Crippen molar-refractivity contribution in [2.45, 2.75) is 53.0 Å². The Morgan fingerprint density at radius 2 is 1.59 bits per heavy atom. The average Bonchev–Trinajstić information content (AvgIpc) is 2.21. The van der Waals surface area contributed by atoms with Gasteiger partial charge < -0.3 is 0 Å². The van der Waals surface area contributed by atoms with Crippen LogP contribution in [0.5, 0.6) is 0 Å². The van der Waals surface area contributed by atoms with Crippen LogP contribution in [0.25, 0.3) is 0 Å². The van der Waals surface area contributed by atoms with Crippen molar-refractivity contribution in [3.63, 3.8) is 0 Å². The molecule has 1 atom stereocenters. The Bertz CT molecular complexity index is 197. The van der Waals surface area contributed by atoms with Crippen LogP contribution in [-0.4, -0.2) is 74.6 Å². The monoisotopic (exact) mass is 304 g/mol. The Morgan fingerprint density at radius 3 is 1.88 bits per heavy atom. The molecule has 1 N–H and O–H groups in total. The zero-order valence-corrected chi connectivity index (χ0v) is 14.9. The van der Waals surface area contributed by atoms with Gasteiger partial charge in [-0.2, -0.15) is 0 Å². The van der Waals surface area contributed by atoms with E-state index in [0.717, 1.165) is 6.54 Å². The molecule has 0 amide bonds. The van der Waals surface area contributed by atoms with E-state index in [4.69, 9.17) is 0 Å². The molecule has 102 valence electrons. The van der Waals surface area contributed by atoms with Crippen LogP contribution in [0.1, 0.15) is 34.6 Å². The summed E-state index contributed by atoms with van der Waals surface area (Å²) in [6.07, 6.45) is 0.337. The van der Waals surface area contributed by atoms with E-state index in [2.05, 4.69) is 73.7 Å². The predicted molar refractivity (Wildman–Crippen MR) is 76.8 cm³/mol. The molecule has 5 heteroatoms. The van der Waals surface area contributed by atoms with Gasteiger partial charge in [0.1, 0.15) is 0 Å².